The number of nitrogens with one attached hydrogen (secondary N) is 1. The molecule has 0 saturated carbocycles. The van der Waals surface area contributed by atoms with Crippen molar-refractivity contribution in [1.82, 2.24) is 4.98 Å². The van der Waals surface area contributed by atoms with Crippen LogP contribution in [0, 0.1) is 11.3 Å². The van der Waals surface area contributed by atoms with E-state index in [-0.39, 0.29) is 11.7 Å². The number of anilines is 1. The molecule has 0 bridgehead atoms. The third-order valence-corrected chi connectivity index (χ3v) is 3.16. The van der Waals surface area contributed by atoms with E-state index in [1.807, 2.05) is 31.2 Å². The molecule has 1 unspecified atom stereocenters. The average molecular weight is 276 g/mol. The first-order valence-electron chi connectivity index (χ1n) is 6.08. The minimum Gasteiger partial charge on any atom is -0.419 e. The Morgan fingerprint density at radius 3 is 2.84 bits per heavy atom. The minimum absolute atomic E-state index is 0.208. The first kappa shape index (κ1) is 13.4. The molecule has 0 fully saturated rings. The maximum absolute atomic E-state index is 9.09. The van der Waals surface area contributed by atoms with Gasteiger partial charge in [0.2, 0.25) is 17.5 Å². The third kappa shape index (κ3) is 2.88. The van der Waals surface area contributed by atoms with Gasteiger partial charge in [0, 0.05) is 6.04 Å². The van der Waals surface area contributed by atoms with E-state index >= 15 is 0 Å². The smallest absolute Gasteiger partial charge is 0.232 e. The van der Waals surface area contributed by atoms with Crippen LogP contribution in [0.2, 0.25) is 5.02 Å². The predicted octanol–water partition coefficient (Wildman–Crippen LogP) is 4.08. The number of halogens is 1. The van der Waals surface area contributed by atoms with Crippen LogP contribution < -0.4 is 5.32 Å². The summed E-state index contributed by atoms with van der Waals surface area (Å²) in [6.45, 7) is 4.06. The van der Waals surface area contributed by atoms with Crippen LogP contribution in [0.5, 0.6) is 0 Å². The van der Waals surface area contributed by atoms with Crippen molar-refractivity contribution < 1.29 is 4.42 Å². The molecule has 0 amide bonds. The van der Waals surface area contributed by atoms with Crippen LogP contribution in [0.3, 0.4) is 0 Å². The molecule has 0 aliphatic rings. The molecule has 2 rings (SSSR count). The maximum Gasteiger partial charge on any atom is 0.232 e. The molecule has 0 radical (unpaired) electrons. The van der Waals surface area contributed by atoms with Crippen molar-refractivity contribution in [3.63, 3.8) is 0 Å². The molecular weight excluding hydrogens is 262 g/mol. The lowest BCUT2D eigenvalue weighted by molar-refractivity contribution is 0.573. The van der Waals surface area contributed by atoms with Crippen molar-refractivity contribution in [3.05, 3.63) is 35.0 Å². The number of benzene rings is 1. The normalized spacial score (nSPS) is 11.9. The molecular formula is C14H14ClN3O. The summed E-state index contributed by atoms with van der Waals surface area (Å²) in [6, 6.07) is 9.48. The molecule has 0 aliphatic heterocycles. The van der Waals surface area contributed by atoms with Gasteiger partial charge < -0.3 is 9.73 Å². The van der Waals surface area contributed by atoms with Crippen LogP contribution in [-0.4, -0.2) is 11.0 Å². The number of hydrogen-bond donors (Lipinski definition) is 1. The second-order valence-electron chi connectivity index (χ2n) is 4.24. The highest BCUT2D eigenvalue weighted by Crippen LogP contribution is 2.30. The number of nitrogens with zero attached hydrogens (tertiary/aromatic N) is 2. The van der Waals surface area contributed by atoms with Crippen molar-refractivity contribution in [1.29, 1.82) is 5.26 Å². The minimum atomic E-state index is 0.208. The lowest BCUT2D eigenvalue weighted by atomic mass is 10.2. The predicted molar refractivity (Wildman–Crippen MR) is 75.0 cm³/mol. The zero-order valence-electron chi connectivity index (χ0n) is 10.8. The van der Waals surface area contributed by atoms with Gasteiger partial charge in [-0.3, -0.25) is 0 Å². The highest BCUT2D eigenvalue weighted by Gasteiger charge is 2.17. The molecule has 98 valence electrons. The van der Waals surface area contributed by atoms with Crippen molar-refractivity contribution in [2.45, 2.75) is 26.3 Å². The summed E-state index contributed by atoms with van der Waals surface area (Å²) in [7, 11) is 0. The Morgan fingerprint density at radius 1 is 1.47 bits per heavy atom. The number of rotatable bonds is 4. The summed E-state index contributed by atoms with van der Waals surface area (Å²) in [5.41, 5.74) is 0.924. The standard InChI is InChI=1S/C14H14ClN3O/c1-3-9(2)17-14-12(8-16)18-13(19-14)10-6-4-5-7-11(10)15/h4-7,9,17H,3H2,1-2H3. The van der Waals surface area contributed by atoms with E-state index in [0.29, 0.717) is 22.4 Å². The van der Waals surface area contributed by atoms with Gasteiger partial charge in [-0.1, -0.05) is 30.7 Å². The van der Waals surface area contributed by atoms with Crippen LogP contribution in [-0.2, 0) is 0 Å². The summed E-state index contributed by atoms with van der Waals surface area (Å²) >= 11 is 6.09. The Bertz CT molecular complexity index is 615. The summed E-state index contributed by atoms with van der Waals surface area (Å²) in [5.74, 6) is 0.750. The summed E-state index contributed by atoms with van der Waals surface area (Å²) in [6.07, 6.45) is 0.924. The van der Waals surface area contributed by atoms with E-state index in [1.165, 1.54) is 0 Å². The largest absolute Gasteiger partial charge is 0.419 e. The quantitative estimate of drug-likeness (QED) is 0.913. The topological polar surface area (TPSA) is 61.9 Å². The molecule has 0 spiro atoms. The average Bonchev–Trinajstić information content (AvgIpc) is 2.82. The van der Waals surface area contributed by atoms with Crippen LogP contribution >= 0.6 is 11.6 Å². The van der Waals surface area contributed by atoms with Gasteiger partial charge in [0.15, 0.2) is 0 Å². The van der Waals surface area contributed by atoms with Gasteiger partial charge in [-0.05, 0) is 25.5 Å². The van der Waals surface area contributed by atoms with Crippen LogP contribution in [0.4, 0.5) is 5.88 Å². The summed E-state index contributed by atoms with van der Waals surface area (Å²) in [5, 5.41) is 12.8. The molecule has 0 saturated heterocycles. The summed E-state index contributed by atoms with van der Waals surface area (Å²) < 4.78 is 5.62. The molecule has 5 heteroatoms. The molecule has 19 heavy (non-hydrogen) atoms. The van der Waals surface area contributed by atoms with Crippen molar-refractivity contribution >= 4 is 17.5 Å². The molecule has 4 nitrogen and oxygen atoms in total. The molecule has 1 aromatic carbocycles. The summed E-state index contributed by atoms with van der Waals surface area (Å²) in [4.78, 5) is 4.17. The van der Waals surface area contributed by atoms with Gasteiger partial charge in [0.1, 0.15) is 6.07 Å². The first-order valence-corrected chi connectivity index (χ1v) is 6.45. The molecule has 1 aromatic heterocycles. The van der Waals surface area contributed by atoms with Crippen molar-refractivity contribution in [2.24, 2.45) is 0 Å². The highest BCUT2D eigenvalue weighted by atomic mass is 35.5. The van der Waals surface area contributed by atoms with Gasteiger partial charge in [-0.15, -0.1) is 0 Å². The van der Waals surface area contributed by atoms with Crippen molar-refractivity contribution in [3.8, 4) is 17.5 Å². The van der Waals surface area contributed by atoms with E-state index in [2.05, 4.69) is 17.2 Å². The second kappa shape index (κ2) is 5.77. The first-order chi connectivity index (χ1) is 9.15. The van der Waals surface area contributed by atoms with E-state index in [1.54, 1.807) is 6.07 Å². The van der Waals surface area contributed by atoms with Gasteiger partial charge in [-0.25, -0.2) is 0 Å². The van der Waals surface area contributed by atoms with Gasteiger partial charge >= 0.3 is 0 Å². The van der Waals surface area contributed by atoms with Gasteiger partial charge in [-0.2, -0.15) is 10.2 Å². The Balaban J connectivity index is 2.40. The fraction of sp³-hybridized carbons (Fsp3) is 0.286. The lowest BCUT2D eigenvalue weighted by Gasteiger charge is -2.09. The molecule has 2 aromatic rings. The zero-order valence-corrected chi connectivity index (χ0v) is 11.5. The monoisotopic (exact) mass is 275 g/mol. The third-order valence-electron chi connectivity index (χ3n) is 2.83. The van der Waals surface area contributed by atoms with Gasteiger partial charge in [0.25, 0.3) is 0 Å². The number of nitriles is 1. The molecule has 0 aliphatic carbocycles. The SMILES string of the molecule is CCC(C)Nc1oc(-c2ccccc2Cl)nc1C#N. The molecule has 1 N–H and O–H groups in total. The Morgan fingerprint density at radius 2 is 2.21 bits per heavy atom. The fourth-order valence-corrected chi connectivity index (χ4v) is 1.79. The number of aromatic nitrogens is 1. The Kier molecular flexibility index (Phi) is 4.08. The van der Waals surface area contributed by atoms with Crippen LogP contribution in [0.15, 0.2) is 28.7 Å². The highest BCUT2D eigenvalue weighted by molar-refractivity contribution is 6.33. The van der Waals surface area contributed by atoms with Crippen LogP contribution in [0.1, 0.15) is 26.0 Å². The number of hydrogen-bond acceptors (Lipinski definition) is 4. The van der Waals surface area contributed by atoms with E-state index < -0.39 is 0 Å². The van der Waals surface area contributed by atoms with Crippen LogP contribution in [0.25, 0.3) is 11.5 Å². The van der Waals surface area contributed by atoms with Crippen molar-refractivity contribution in [2.75, 3.05) is 5.32 Å². The van der Waals surface area contributed by atoms with E-state index in [4.69, 9.17) is 21.3 Å². The second-order valence-corrected chi connectivity index (χ2v) is 4.65. The Labute approximate surface area is 117 Å². The lowest BCUT2D eigenvalue weighted by Crippen LogP contribution is -2.13. The van der Waals surface area contributed by atoms with Gasteiger partial charge in [0.05, 0.1) is 10.6 Å². The van der Waals surface area contributed by atoms with E-state index in [9.17, 15) is 0 Å². The zero-order chi connectivity index (χ0) is 13.8. The van der Waals surface area contributed by atoms with E-state index in [0.717, 1.165) is 6.42 Å². The molecule has 1 heterocycles. The maximum atomic E-state index is 9.09. The fourth-order valence-electron chi connectivity index (χ4n) is 1.57. The number of oxazole rings is 1. The Hall–Kier alpha value is -1.99. The molecule has 1 atom stereocenters.